The van der Waals surface area contributed by atoms with Crippen LogP contribution in [0.15, 0.2) is 66.7 Å². The molecule has 1 aliphatic rings. The van der Waals surface area contributed by atoms with Crippen LogP contribution in [-0.4, -0.2) is 53.2 Å². The van der Waals surface area contributed by atoms with E-state index in [1.807, 2.05) is 13.8 Å². The zero-order valence-corrected chi connectivity index (χ0v) is 24.8. The van der Waals surface area contributed by atoms with E-state index in [0.29, 0.717) is 41.7 Å². The molecule has 4 unspecified atom stereocenters. The summed E-state index contributed by atoms with van der Waals surface area (Å²) in [6, 6.07) is 18.1. The van der Waals surface area contributed by atoms with Crippen molar-refractivity contribution < 1.29 is 38.8 Å². The Labute approximate surface area is 251 Å². The highest BCUT2D eigenvalue weighted by Gasteiger charge is 2.56. The molecule has 10 heteroatoms. The number of Topliss-reactive ketones (excluding diaryl/α,β-unsaturated/α-hetero) is 1. The van der Waals surface area contributed by atoms with Gasteiger partial charge in [-0.25, -0.2) is 0 Å². The molecule has 0 spiro atoms. The summed E-state index contributed by atoms with van der Waals surface area (Å²) in [6.45, 7) is 7.77. The van der Waals surface area contributed by atoms with Gasteiger partial charge in [0.05, 0.1) is 42.7 Å². The summed E-state index contributed by atoms with van der Waals surface area (Å²) in [5, 5.41) is 27.7. The molecule has 1 saturated carbocycles. The van der Waals surface area contributed by atoms with E-state index in [4.69, 9.17) is 14.2 Å². The molecule has 10 nitrogen and oxygen atoms in total. The SMILES string of the molecule is CCOc1cc(C2C(C(=O)Nc3ccccc3OCC)C(=O)CC(C)(O)C2C(=O)Nc2ccccc2OCC)ccc1O. The number of amides is 2. The van der Waals surface area contributed by atoms with E-state index in [1.165, 1.54) is 25.1 Å². The quantitative estimate of drug-likeness (QED) is 0.231. The molecule has 0 aliphatic heterocycles. The average molecular weight is 591 g/mol. The van der Waals surface area contributed by atoms with Crippen molar-refractivity contribution in [3.8, 4) is 23.0 Å². The largest absolute Gasteiger partial charge is 0.504 e. The maximum absolute atomic E-state index is 14.1. The molecule has 43 heavy (non-hydrogen) atoms. The summed E-state index contributed by atoms with van der Waals surface area (Å²) >= 11 is 0. The fourth-order valence-corrected chi connectivity index (χ4v) is 5.62. The fourth-order valence-electron chi connectivity index (χ4n) is 5.62. The number of nitrogens with one attached hydrogen (secondary N) is 2. The van der Waals surface area contributed by atoms with E-state index in [2.05, 4.69) is 10.6 Å². The van der Waals surface area contributed by atoms with E-state index >= 15 is 0 Å². The minimum atomic E-state index is -1.82. The second-order valence-electron chi connectivity index (χ2n) is 10.5. The summed E-state index contributed by atoms with van der Waals surface area (Å²) in [5.74, 6) is -4.72. The van der Waals surface area contributed by atoms with Gasteiger partial charge in [0.2, 0.25) is 11.8 Å². The van der Waals surface area contributed by atoms with Crippen LogP contribution < -0.4 is 24.8 Å². The lowest BCUT2D eigenvalue weighted by atomic mass is 9.61. The Morgan fingerprint density at radius 2 is 1.33 bits per heavy atom. The first kappa shape index (κ1) is 31.4. The predicted octanol–water partition coefficient (Wildman–Crippen LogP) is 4.91. The van der Waals surface area contributed by atoms with Gasteiger partial charge in [-0.2, -0.15) is 0 Å². The van der Waals surface area contributed by atoms with Crippen molar-refractivity contribution >= 4 is 29.0 Å². The minimum Gasteiger partial charge on any atom is -0.504 e. The van der Waals surface area contributed by atoms with Crippen molar-refractivity contribution in [3.05, 3.63) is 72.3 Å². The van der Waals surface area contributed by atoms with Crippen LogP contribution in [0.3, 0.4) is 0 Å². The number of para-hydroxylation sites is 4. The first-order valence-electron chi connectivity index (χ1n) is 14.4. The molecule has 0 saturated heterocycles. The topological polar surface area (TPSA) is 143 Å². The molecular weight excluding hydrogens is 552 g/mol. The van der Waals surface area contributed by atoms with Crippen LogP contribution >= 0.6 is 0 Å². The smallest absolute Gasteiger partial charge is 0.235 e. The molecule has 1 aliphatic carbocycles. The molecule has 4 N–H and O–H groups in total. The highest BCUT2D eigenvalue weighted by Crippen LogP contribution is 2.48. The van der Waals surface area contributed by atoms with Crippen LogP contribution in [0.4, 0.5) is 11.4 Å². The molecule has 3 aromatic carbocycles. The van der Waals surface area contributed by atoms with E-state index < -0.39 is 47.4 Å². The molecule has 4 atom stereocenters. The first-order valence-corrected chi connectivity index (χ1v) is 14.4. The molecule has 2 amide bonds. The Morgan fingerprint density at radius 3 is 1.88 bits per heavy atom. The van der Waals surface area contributed by atoms with Gasteiger partial charge >= 0.3 is 0 Å². The number of ether oxygens (including phenoxy) is 3. The van der Waals surface area contributed by atoms with Crippen molar-refractivity contribution in [1.29, 1.82) is 0 Å². The molecule has 3 aromatic rings. The standard InChI is InChI=1S/C33H38N2O8/c1-5-41-25-14-10-8-12-21(25)34-31(38)29-24(37)19-33(4,40)30(28(29)20-16-17-23(36)27(18-20)43-7-3)32(39)35-22-13-9-11-15-26(22)42-6-2/h8-18,28-30,36,40H,5-7,19H2,1-4H3,(H,34,38)(H,35,39). The molecule has 228 valence electrons. The normalized spacial score (nSPS) is 21.5. The predicted molar refractivity (Wildman–Crippen MR) is 162 cm³/mol. The van der Waals surface area contributed by atoms with Gasteiger partial charge in [0.1, 0.15) is 23.2 Å². The number of ketones is 1. The van der Waals surface area contributed by atoms with Crippen LogP contribution in [0, 0.1) is 11.8 Å². The fraction of sp³-hybridized carbons (Fsp3) is 0.364. The number of carbonyl (C=O) groups is 3. The lowest BCUT2D eigenvalue weighted by molar-refractivity contribution is -0.150. The zero-order chi connectivity index (χ0) is 31.1. The molecule has 0 heterocycles. The highest BCUT2D eigenvalue weighted by molar-refractivity contribution is 6.11. The van der Waals surface area contributed by atoms with Crippen molar-refractivity contribution in [2.45, 2.75) is 45.6 Å². The summed E-state index contributed by atoms with van der Waals surface area (Å²) in [6.07, 6.45) is -0.434. The van der Waals surface area contributed by atoms with E-state index in [0.717, 1.165) is 0 Å². The van der Waals surface area contributed by atoms with Gasteiger partial charge in [-0.15, -0.1) is 0 Å². The minimum absolute atomic E-state index is 0.124. The summed E-state index contributed by atoms with van der Waals surface area (Å²) < 4.78 is 16.9. The van der Waals surface area contributed by atoms with Crippen molar-refractivity contribution in [2.75, 3.05) is 30.5 Å². The Kier molecular flexibility index (Phi) is 9.92. The van der Waals surface area contributed by atoms with Gasteiger partial charge in [0, 0.05) is 12.3 Å². The van der Waals surface area contributed by atoms with Crippen LogP contribution in [0.5, 0.6) is 23.0 Å². The van der Waals surface area contributed by atoms with Crippen LogP contribution in [0.1, 0.15) is 45.6 Å². The van der Waals surface area contributed by atoms with Crippen molar-refractivity contribution in [1.82, 2.24) is 0 Å². The van der Waals surface area contributed by atoms with Gasteiger partial charge in [-0.1, -0.05) is 30.3 Å². The number of hydrogen-bond acceptors (Lipinski definition) is 8. The highest BCUT2D eigenvalue weighted by atomic mass is 16.5. The number of rotatable bonds is 11. The van der Waals surface area contributed by atoms with E-state index in [9.17, 15) is 24.6 Å². The third-order valence-corrected chi connectivity index (χ3v) is 7.39. The van der Waals surface area contributed by atoms with Gasteiger partial charge in [0.25, 0.3) is 0 Å². The molecule has 0 bridgehead atoms. The van der Waals surface area contributed by atoms with Gasteiger partial charge in [-0.3, -0.25) is 14.4 Å². The number of aliphatic hydroxyl groups is 1. The Hall–Kier alpha value is -4.57. The zero-order valence-electron chi connectivity index (χ0n) is 24.8. The molecule has 1 fully saturated rings. The lowest BCUT2D eigenvalue weighted by Crippen LogP contribution is -2.56. The second-order valence-corrected chi connectivity index (χ2v) is 10.5. The van der Waals surface area contributed by atoms with Crippen LogP contribution in [0.25, 0.3) is 0 Å². The number of phenolic OH excluding ortho intramolecular Hbond substituents is 1. The third-order valence-electron chi connectivity index (χ3n) is 7.39. The average Bonchev–Trinajstić information content (AvgIpc) is 2.95. The molecular formula is C33H38N2O8. The number of aromatic hydroxyl groups is 1. The Morgan fingerprint density at radius 1 is 0.814 bits per heavy atom. The summed E-state index contributed by atoms with van der Waals surface area (Å²) in [4.78, 5) is 41.8. The number of carbonyl (C=O) groups excluding carboxylic acids is 3. The Balaban J connectivity index is 1.82. The van der Waals surface area contributed by atoms with Crippen molar-refractivity contribution in [2.24, 2.45) is 11.8 Å². The maximum atomic E-state index is 14.1. The number of benzene rings is 3. The summed E-state index contributed by atoms with van der Waals surface area (Å²) in [5.41, 5.74) is -0.708. The second kappa shape index (κ2) is 13.6. The molecule has 4 rings (SSSR count). The van der Waals surface area contributed by atoms with Crippen LogP contribution in [-0.2, 0) is 14.4 Å². The van der Waals surface area contributed by atoms with Gasteiger partial charge < -0.3 is 35.1 Å². The van der Waals surface area contributed by atoms with Gasteiger partial charge in [-0.05, 0) is 69.7 Å². The van der Waals surface area contributed by atoms with E-state index in [1.54, 1.807) is 55.5 Å². The summed E-state index contributed by atoms with van der Waals surface area (Å²) in [7, 11) is 0. The van der Waals surface area contributed by atoms with E-state index in [-0.39, 0.29) is 18.1 Å². The maximum Gasteiger partial charge on any atom is 0.235 e. The first-order chi connectivity index (χ1) is 20.6. The van der Waals surface area contributed by atoms with Crippen molar-refractivity contribution in [3.63, 3.8) is 0 Å². The molecule has 0 aromatic heterocycles. The third kappa shape index (κ3) is 6.91. The van der Waals surface area contributed by atoms with Crippen LogP contribution in [0.2, 0.25) is 0 Å². The van der Waals surface area contributed by atoms with Gasteiger partial charge in [0.15, 0.2) is 11.5 Å². The molecule has 0 radical (unpaired) electrons. The number of anilines is 2. The number of phenols is 1. The monoisotopic (exact) mass is 590 g/mol. The number of hydrogen-bond donors (Lipinski definition) is 4. The lowest BCUT2D eigenvalue weighted by Gasteiger charge is -2.44. The Bertz CT molecular complexity index is 1470.